The molecule has 0 radical (unpaired) electrons. The van der Waals surface area contributed by atoms with Gasteiger partial charge in [-0.05, 0) is 31.4 Å². The monoisotopic (exact) mass is 291 g/mol. The van der Waals surface area contributed by atoms with Crippen molar-refractivity contribution in [2.45, 2.75) is 32.6 Å². The maximum absolute atomic E-state index is 5.67. The van der Waals surface area contributed by atoms with E-state index in [-0.39, 0.29) is 0 Å². The highest BCUT2D eigenvalue weighted by molar-refractivity contribution is 5.79. The van der Waals surface area contributed by atoms with Gasteiger partial charge in [-0.1, -0.05) is 31.5 Å². The fraction of sp³-hybridized carbons (Fsp3) is 0.588. The maximum Gasteiger partial charge on any atom is 0.193 e. The predicted octanol–water partition coefficient (Wildman–Crippen LogP) is 3.15. The molecule has 0 amide bonds. The van der Waals surface area contributed by atoms with E-state index in [9.17, 15) is 0 Å². The predicted molar refractivity (Wildman–Crippen MR) is 90.1 cm³/mol. The van der Waals surface area contributed by atoms with Gasteiger partial charge >= 0.3 is 0 Å². The largest absolute Gasteiger partial charge is 0.494 e. The SMILES string of the molecule is CCCCN(C)C(=NC)NCCCCOc1ccccc1. The molecule has 0 saturated heterocycles. The molecule has 0 bridgehead atoms. The summed E-state index contributed by atoms with van der Waals surface area (Å²) in [5.74, 6) is 1.92. The van der Waals surface area contributed by atoms with Gasteiger partial charge in [0, 0.05) is 27.2 Å². The molecule has 4 heteroatoms. The zero-order chi connectivity index (χ0) is 15.3. The molecule has 0 aliphatic heterocycles. The highest BCUT2D eigenvalue weighted by Crippen LogP contribution is 2.08. The van der Waals surface area contributed by atoms with Gasteiger partial charge in [-0.2, -0.15) is 0 Å². The second kappa shape index (κ2) is 11.0. The Balaban J connectivity index is 2.09. The molecule has 1 rings (SSSR count). The Morgan fingerprint density at radius 2 is 1.95 bits per heavy atom. The van der Waals surface area contributed by atoms with E-state index >= 15 is 0 Å². The summed E-state index contributed by atoms with van der Waals surface area (Å²) < 4.78 is 5.67. The summed E-state index contributed by atoms with van der Waals surface area (Å²) in [6, 6.07) is 9.96. The van der Waals surface area contributed by atoms with Crippen molar-refractivity contribution in [3.63, 3.8) is 0 Å². The second-order valence-corrected chi connectivity index (χ2v) is 5.12. The van der Waals surface area contributed by atoms with Crippen LogP contribution in [0.3, 0.4) is 0 Å². The second-order valence-electron chi connectivity index (χ2n) is 5.12. The molecule has 1 aromatic carbocycles. The summed E-state index contributed by atoms with van der Waals surface area (Å²) in [6.07, 6.45) is 4.52. The van der Waals surface area contributed by atoms with E-state index in [0.29, 0.717) is 0 Å². The van der Waals surface area contributed by atoms with Crippen LogP contribution in [0, 0.1) is 0 Å². The standard InChI is InChI=1S/C17H29N3O/c1-4-5-14-20(3)17(18-2)19-13-9-10-15-21-16-11-7-6-8-12-16/h6-8,11-12H,4-5,9-10,13-15H2,1-3H3,(H,18,19). The topological polar surface area (TPSA) is 36.9 Å². The Morgan fingerprint density at radius 1 is 1.19 bits per heavy atom. The summed E-state index contributed by atoms with van der Waals surface area (Å²) in [7, 11) is 3.92. The number of hydrogen-bond acceptors (Lipinski definition) is 2. The number of nitrogens with one attached hydrogen (secondary N) is 1. The molecule has 0 aromatic heterocycles. The number of ether oxygens (including phenoxy) is 1. The van der Waals surface area contributed by atoms with E-state index < -0.39 is 0 Å². The average molecular weight is 291 g/mol. The molecule has 0 heterocycles. The quantitative estimate of drug-likeness (QED) is 0.431. The summed E-state index contributed by atoms with van der Waals surface area (Å²) in [5.41, 5.74) is 0. The van der Waals surface area contributed by atoms with Gasteiger partial charge in [-0.25, -0.2) is 0 Å². The summed E-state index contributed by atoms with van der Waals surface area (Å²) in [5, 5.41) is 3.40. The lowest BCUT2D eigenvalue weighted by molar-refractivity contribution is 0.306. The first-order valence-corrected chi connectivity index (χ1v) is 7.87. The van der Waals surface area contributed by atoms with Crippen molar-refractivity contribution in [1.29, 1.82) is 0 Å². The molecule has 1 N–H and O–H groups in total. The average Bonchev–Trinajstić information content (AvgIpc) is 2.53. The lowest BCUT2D eigenvalue weighted by atomic mass is 10.3. The Bertz CT molecular complexity index is 392. The van der Waals surface area contributed by atoms with Crippen molar-refractivity contribution >= 4 is 5.96 Å². The number of para-hydroxylation sites is 1. The van der Waals surface area contributed by atoms with E-state index in [1.165, 1.54) is 12.8 Å². The molecule has 21 heavy (non-hydrogen) atoms. The minimum Gasteiger partial charge on any atom is -0.494 e. The number of hydrogen-bond donors (Lipinski definition) is 1. The van der Waals surface area contributed by atoms with E-state index in [1.54, 1.807) is 0 Å². The van der Waals surface area contributed by atoms with Crippen LogP contribution in [0.4, 0.5) is 0 Å². The van der Waals surface area contributed by atoms with Crippen LogP contribution in [0.1, 0.15) is 32.6 Å². The number of nitrogens with zero attached hydrogens (tertiary/aromatic N) is 2. The summed E-state index contributed by atoms with van der Waals surface area (Å²) in [6.45, 7) is 4.95. The highest BCUT2D eigenvalue weighted by atomic mass is 16.5. The van der Waals surface area contributed by atoms with Gasteiger partial charge in [0.05, 0.1) is 6.61 Å². The molecule has 1 aromatic rings. The van der Waals surface area contributed by atoms with Crippen LogP contribution in [0.5, 0.6) is 5.75 Å². The number of rotatable bonds is 9. The van der Waals surface area contributed by atoms with E-state index in [2.05, 4.69) is 29.2 Å². The third kappa shape index (κ3) is 7.59. The molecule has 0 atom stereocenters. The molecule has 0 saturated carbocycles. The lowest BCUT2D eigenvalue weighted by Gasteiger charge is -2.21. The number of benzene rings is 1. The van der Waals surface area contributed by atoms with E-state index in [1.807, 2.05) is 37.4 Å². The smallest absolute Gasteiger partial charge is 0.193 e. The molecular weight excluding hydrogens is 262 g/mol. The van der Waals surface area contributed by atoms with Crippen LogP contribution in [0.15, 0.2) is 35.3 Å². The number of aliphatic imine (C=N–C) groups is 1. The van der Waals surface area contributed by atoms with Crippen molar-refractivity contribution in [3.05, 3.63) is 30.3 Å². The first-order valence-electron chi connectivity index (χ1n) is 7.87. The minimum absolute atomic E-state index is 0.760. The fourth-order valence-electron chi connectivity index (χ4n) is 2.02. The van der Waals surface area contributed by atoms with Gasteiger partial charge in [-0.3, -0.25) is 4.99 Å². The first kappa shape index (κ1) is 17.3. The van der Waals surface area contributed by atoms with Gasteiger partial charge in [0.25, 0.3) is 0 Å². The van der Waals surface area contributed by atoms with Crippen LogP contribution in [-0.4, -0.2) is 44.7 Å². The zero-order valence-electron chi connectivity index (χ0n) is 13.6. The van der Waals surface area contributed by atoms with Gasteiger partial charge in [-0.15, -0.1) is 0 Å². The van der Waals surface area contributed by atoms with Crippen LogP contribution in [0.25, 0.3) is 0 Å². The van der Waals surface area contributed by atoms with Crippen molar-refractivity contribution < 1.29 is 4.74 Å². The van der Waals surface area contributed by atoms with Gasteiger partial charge < -0.3 is 15.0 Å². The molecule has 0 fully saturated rings. The van der Waals surface area contributed by atoms with E-state index in [4.69, 9.17) is 4.74 Å². The Labute approximate surface area is 129 Å². The Morgan fingerprint density at radius 3 is 2.62 bits per heavy atom. The van der Waals surface area contributed by atoms with Gasteiger partial charge in [0.15, 0.2) is 5.96 Å². The summed E-state index contributed by atoms with van der Waals surface area (Å²) in [4.78, 5) is 6.49. The van der Waals surface area contributed by atoms with E-state index in [0.717, 1.165) is 44.2 Å². The molecule has 0 aliphatic carbocycles. The normalized spacial score (nSPS) is 11.3. The van der Waals surface area contributed by atoms with Crippen molar-refractivity contribution in [3.8, 4) is 5.75 Å². The Hall–Kier alpha value is -1.71. The maximum atomic E-state index is 5.67. The fourth-order valence-corrected chi connectivity index (χ4v) is 2.02. The third-order valence-corrected chi connectivity index (χ3v) is 3.29. The highest BCUT2D eigenvalue weighted by Gasteiger charge is 2.03. The molecule has 0 unspecified atom stereocenters. The van der Waals surface area contributed by atoms with Crippen molar-refractivity contribution in [1.82, 2.24) is 10.2 Å². The number of unbranched alkanes of at least 4 members (excludes halogenated alkanes) is 2. The van der Waals surface area contributed by atoms with Gasteiger partial charge in [0.1, 0.15) is 5.75 Å². The third-order valence-electron chi connectivity index (χ3n) is 3.29. The molecule has 118 valence electrons. The van der Waals surface area contributed by atoms with Crippen molar-refractivity contribution in [2.75, 3.05) is 33.8 Å². The van der Waals surface area contributed by atoms with Crippen LogP contribution < -0.4 is 10.1 Å². The van der Waals surface area contributed by atoms with Gasteiger partial charge in [0.2, 0.25) is 0 Å². The Kier molecular flexibility index (Phi) is 9.09. The first-order chi connectivity index (χ1) is 10.3. The zero-order valence-corrected chi connectivity index (χ0v) is 13.6. The number of guanidine groups is 1. The molecule has 4 nitrogen and oxygen atoms in total. The summed E-state index contributed by atoms with van der Waals surface area (Å²) >= 11 is 0. The molecule has 0 spiro atoms. The van der Waals surface area contributed by atoms with Crippen LogP contribution >= 0.6 is 0 Å². The van der Waals surface area contributed by atoms with Crippen molar-refractivity contribution in [2.24, 2.45) is 4.99 Å². The lowest BCUT2D eigenvalue weighted by Crippen LogP contribution is -2.39. The van der Waals surface area contributed by atoms with Crippen LogP contribution in [0.2, 0.25) is 0 Å². The molecular formula is C17H29N3O. The van der Waals surface area contributed by atoms with Crippen LogP contribution in [-0.2, 0) is 0 Å². The molecule has 0 aliphatic rings. The minimum atomic E-state index is 0.760.